The first-order valence-corrected chi connectivity index (χ1v) is 5.71. The van der Waals surface area contributed by atoms with Crippen molar-refractivity contribution in [2.45, 2.75) is 31.7 Å². The summed E-state index contributed by atoms with van der Waals surface area (Å²) < 4.78 is 1.06. The molecule has 0 spiro atoms. The molecule has 1 unspecified atom stereocenters. The molecular weight excluding hydrogens is 230 g/mol. The zero-order chi connectivity index (χ0) is 9.68. The maximum Gasteiger partial charge on any atom is 0.0431 e. The Morgan fingerprint density at radius 2 is 2.38 bits per heavy atom. The van der Waals surface area contributed by atoms with E-state index in [-0.39, 0.29) is 0 Å². The van der Waals surface area contributed by atoms with E-state index in [2.05, 4.69) is 27.4 Å². The van der Waals surface area contributed by atoms with Crippen LogP contribution in [0.25, 0.3) is 0 Å². The third kappa shape index (κ3) is 3.79. The molecule has 0 radical (unpaired) electrons. The molecule has 1 aliphatic heterocycles. The molecule has 1 N–H and O–H groups in total. The van der Waals surface area contributed by atoms with Crippen molar-refractivity contribution in [3.63, 3.8) is 0 Å². The van der Waals surface area contributed by atoms with Crippen LogP contribution in [0.5, 0.6) is 0 Å². The maximum atomic E-state index is 8.75. The highest BCUT2D eigenvalue weighted by Gasteiger charge is 2.23. The monoisotopic (exact) mass is 247 g/mol. The summed E-state index contributed by atoms with van der Waals surface area (Å²) in [6, 6.07) is 0.668. The van der Waals surface area contributed by atoms with E-state index in [4.69, 9.17) is 5.11 Å². The van der Waals surface area contributed by atoms with E-state index in [0.717, 1.165) is 23.9 Å². The van der Waals surface area contributed by atoms with Gasteiger partial charge >= 0.3 is 0 Å². The summed E-state index contributed by atoms with van der Waals surface area (Å²) in [7, 11) is 0. The van der Waals surface area contributed by atoms with E-state index in [1.54, 1.807) is 0 Å². The van der Waals surface area contributed by atoms with Gasteiger partial charge in [-0.25, -0.2) is 0 Å². The van der Waals surface area contributed by atoms with E-state index in [0.29, 0.717) is 12.6 Å². The van der Waals surface area contributed by atoms with Gasteiger partial charge in [0.25, 0.3) is 0 Å². The first-order valence-electron chi connectivity index (χ1n) is 4.92. The number of rotatable bonds is 5. The summed E-state index contributed by atoms with van der Waals surface area (Å²) in [5, 5.41) is 8.75. The minimum absolute atomic E-state index is 0.319. The smallest absolute Gasteiger partial charge is 0.0431 e. The number of likely N-dealkylation sites (tertiary alicyclic amines) is 1. The standard InChI is InChI=1S/C10H18BrNO/c1-9(11)8-12-6-2-4-10(12)5-3-7-13/h10,13H,1-8H2. The molecule has 0 aromatic carbocycles. The summed E-state index contributed by atoms with van der Waals surface area (Å²) in [5.74, 6) is 0. The van der Waals surface area contributed by atoms with Crippen LogP contribution in [0.1, 0.15) is 25.7 Å². The van der Waals surface area contributed by atoms with E-state index in [1.165, 1.54) is 19.4 Å². The highest BCUT2D eigenvalue weighted by Crippen LogP contribution is 2.22. The Hall–Kier alpha value is 0.140. The Morgan fingerprint density at radius 3 is 3.00 bits per heavy atom. The molecule has 3 heteroatoms. The van der Waals surface area contributed by atoms with Crippen LogP contribution in [0.2, 0.25) is 0 Å². The van der Waals surface area contributed by atoms with Crippen LogP contribution in [0.3, 0.4) is 0 Å². The van der Waals surface area contributed by atoms with Gasteiger partial charge < -0.3 is 5.11 Å². The molecule has 0 aromatic heterocycles. The SMILES string of the molecule is C=C(Br)CN1CCCC1CCCO. The van der Waals surface area contributed by atoms with Crippen LogP contribution in [-0.2, 0) is 0 Å². The Balaban J connectivity index is 2.30. The molecule has 76 valence electrons. The summed E-state index contributed by atoms with van der Waals surface area (Å²) in [4.78, 5) is 2.45. The topological polar surface area (TPSA) is 23.5 Å². The van der Waals surface area contributed by atoms with Crippen molar-refractivity contribution in [3.8, 4) is 0 Å². The van der Waals surface area contributed by atoms with Crippen molar-refractivity contribution >= 4 is 15.9 Å². The first kappa shape index (κ1) is 11.2. The van der Waals surface area contributed by atoms with E-state index in [1.807, 2.05) is 0 Å². The van der Waals surface area contributed by atoms with Gasteiger partial charge in [0.1, 0.15) is 0 Å². The Labute approximate surface area is 88.7 Å². The third-order valence-electron chi connectivity index (χ3n) is 2.57. The zero-order valence-electron chi connectivity index (χ0n) is 8.01. The minimum atomic E-state index is 0.319. The molecule has 1 atom stereocenters. The highest BCUT2D eigenvalue weighted by molar-refractivity contribution is 9.11. The zero-order valence-corrected chi connectivity index (χ0v) is 9.59. The molecule has 13 heavy (non-hydrogen) atoms. The predicted molar refractivity (Wildman–Crippen MR) is 59.0 cm³/mol. The first-order chi connectivity index (χ1) is 6.24. The van der Waals surface area contributed by atoms with Gasteiger partial charge in [0.05, 0.1) is 0 Å². The number of hydrogen-bond donors (Lipinski definition) is 1. The fourth-order valence-corrected chi connectivity index (χ4v) is 2.30. The van der Waals surface area contributed by atoms with Gasteiger partial charge in [0.2, 0.25) is 0 Å². The average molecular weight is 248 g/mol. The molecule has 1 aliphatic rings. The summed E-state index contributed by atoms with van der Waals surface area (Å²) in [5.41, 5.74) is 0. The molecule has 0 bridgehead atoms. The summed E-state index contributed by atoms with van der Waals surface area (Å²) in [6.45, 7) is 6.31. The average Bonchev–Trinajstić information content (AvgIpc) is 2.48. The van der Waals surface area contributed by atoms with Crippen molar-refractivity contribution in [2.75, 3.05) is 19.7 Å². The van der Waals surface area contributed by atoms with E-state index in [9.17, 15) is 0 Å². The van der Waals surface area contributed by atoms with Crippen molar-refractivity contribution in [2.24, 2.45) is 0 Å². The van der Waals surface area contributed by atoms with Gasteiger partial charge in [-0.05, 0) is 32.2 Å². The van der Waals surface area contributed by atoms with Crippen molar-refractivity contribution in [1.29, 1.82) is 0 Å². The highest BCUT2D eigenvalue weighted by atomic mass is 79.9. The molecule has 1 rings (SSSR count). The molecule has 1 heterocycles. The second kappa shape index (κ2) is 5.78. The molecule has 0 aromatic rings. The van der Waals surface area contributed by atoms with Gasteiger partial charge in [-0.1, -0.05) is 22.5 Å². The predicted octanol–water partition coefficient (Wildman–Crippen LogP) is 2.13. The minimum Gasteiger partial charge on any atom is -0.396 e. The molecule has 2 nitrogen and oxygen atoms in total. The van der Waals surface area contributed by atoms with Crippen molar-refractivity contribution < 1.29 is 5.11 Å². The lowest BCUT2D eigenvalue weighted by Gasteiger charge is -2.23. The number of aliphatic hydroxyl groups is 1. The Kier molecular flexibility index (Phi) is 4.99. The van der Waals surface area contributed by atoms with Crippen molar-refractivity contribution in [3.05, 3.63) is 11.1 Å². The number of aliphatic hydroxyl groups excluding tert-OH is 1. The van der Waals surface area contributed by atoms with E-state index < -0.39 is 0 Å². The van der Waals surface area contributed by atoms with E-state index >= 15 is 0 Å². The molecular formula is C10H18BrNO. The van der Waals surface area contributed by atoms with Gasteiger partial charge in [-0.2, -0.15) is 0 Å². The van der Waals surface area contributed by atoms with Gasteiger partial charge in [0.15, 0.2) is 0 Å². The number of nitrogens with zero attached hydrogens (tertiary/aromatic N) is 1. The lowest BCUT2D eigenvalue weighted by atomic mass is 10.1. The third-order valence-corrected chi connectivity index (χ3v) is 2.82. The number of hydrogen-bond acceptors (Lipinski definition) is 2. The molecule has 1 fully saturated rings. The second-order valence-electron chi connectivity index (χ2n) is 3.65. The fourth-order valence-electron chi connectivity index (χ4n) is 1.98. The maximum absolute atomic E-state index is 8.75. The van der Waals surface area contributed by atoms with Crippen LogP contribution in [0, 0.1) is 0 Å². The van der Waals surface area contributed by atoms with Crippen LogP contribution >= 0.6 is 15.9 Å². The summed E-state index contributed by atoms with van der Waals surface area (Å²) in [6.07, 6.45) is 4.61. The molecule has 0 saturated carbocycles. The van der Waals surface area contributed by atoms with Crippen LogP contribution in [0.4, 0.5) is 0 Å². The van der Waals surface area contributed by atoms with Crippen LogP contribution in [-0.4, -0.2) is 35.7 Å². The lowest BCUT2D eigenvalue weighted by molar-refractivity contribution is 0.230. The molecule has 0 amide bonds. The van der Waals surface area contributed by atoms with Gasteiger partial charge in [0, 0.05) is 23.7 Å². The van der Waals surface area contributed by atoms with Crippen molar-refractivity contribution in [1.82, 2.24) is 4.90 Å². The second-order valence-corrected chi connectivity index (χ2v) is 4.77. The van der Waals surface area contributed by atoms with Gasteiger partial charge in [-0.3, -0.25) is 4.90 Å². The Morgan fingerprint density at radius 1 is 1.62 bits per heavy atom. The Bertz CT molecular complexity index is 172. The normalized spacial score (nSPS) is 23.7. The van der Waals surface area contributed by atoms with Crippen LogP contribution < -0.4 is 0 Å². The lowest BCUT2D eigenvalue weighted by Crippen LogP contribution is -2.30. The summed E-state index contributed by atoms with van der Waals surface area (Å²) >= 11 is 3.39. The molecule has 1 saturated heterocycles. The van der Waals surface area contributed by atoms with Gasteiger partial charge in [-0.15, -0.1) is 0 Å². The molecule has 0 aliphatic carbocycles. The quantitative estimate of drug-likeness (QED) is 0.805. The fraction of sp³-hybridized carbons (Fsp3) is 0.800. The largest absolute Gasteiger partial charge is 0.396 e. The number of halogens is 1. The van der Waals surface area contributed by atoms with Crippen LogP contribution in [0.15, 0.2) is 11.1 Å².